The van der Waals surface area contributed by atoms with Crippen LogP contribution in [0.3, 0.4) is 0 Å². The first kappa shape index (κ1) is 20.4. The van der Waals surface area contributed by atoms with Gasteiger partial charge >= 0.3 is 0 Å². The predicted molar refractivity (Wildman–Crippen MR) is 120 cm³/mol. The van der Waals surface area contributed by atoms with Gasteiger partial charge in [-0.15, -0.1) is 0 Å². The molecule has 4 aromatic rings. The summed E-state index contributed by atoms with van der Waals surface area (Å²) in [6.45, 7) is 2.32. The van der Waals surface area contributed by atoms with E-state index < -0.39 is 0 Å². The van der Waals surface area contributed by atoms with Crippen LogP contribution in [-0.2, 0) is 11.3 Å². The van der Waals surface area contributed by atoms with Crippen LogP contribution >= 0.6 is 11.8 Å². The number of carbonyl (C=O) groups excluding carboxylic acids is 1. The van der Waals surface area contributed by atoms with E-state index >= 15 is 0 Å². The van der Waals surface area contributed by atoms with Crippen molar-refractivity contribution in [2.45, 2.75) is 31.1 Å². The van der Waals surface area contributed by atoms with Gasteiger partial charge in [0, 0.05) is 18.7 Å². The molecule has 0 fully saturated rings. The molecule has 0 aliphatic carbocycles. The van der Waals surface area contributed by atoms with Gasteiger partial charge in [0.15, 0.2) is 10.8 Å². The number of halogens is 1. The monoisotopic (exact) mass is 449 g/mol. The average molecular weight is 450 g/mol. The Morgan fingerprint density at radius 3 is 2.69 bits per heavy atom. The van der Waals surface area contributed by atoms with Gasteiger partial charge in [-0.05, 0) is 36.8 Å². The molecular weight excluding hydrogens is 429 g/mol. The average Bonchev–Trinajstić information content (AvgIpc) is 3.39. The van der Waals surface area contributed by atoms with Gasteiger partial charge in [-0.3, -0.25) is 14.2 Å². The second-order valence-electron chi connectivity index (χ2n) is 7.77. The Balaban J connectivity index is 1.37. The summed E-state index contributed by atoms with van der Waals surface area (Å²) in [5, 5.41) is 8.23. The minimum Gasteiger partial charge on any atom is -0.352 e. The van der Waals surface area contributed by atoms with E-state index in [-0.39, 0.29) is 29.7 Å². The molecule has 1 atom stereocenters. The van der Waals surface area contributed by atoms with Crippen molar-refractivity contribution in [3.05, 3.63) is 82.0 Å². The Hall–Kier alpha value is -3.46. The summed E-state index contributed by atoms with van der Waals surface area (Å²) in [7, 11) is 0. The van der Waals surface area contributed by atoms with Crippen molar-refractivity contribution in [1.82, 2.24) is 24.6 Å². The third-order valence-corrected chi connectivity index (χ3v) is 6.57. The van der Waals surface area contributed by atoms with Crippen LogP contribution in [0, 0.1) is 12.7 Å². The Bertz CT molecular complexity index is 1360. The topological polar surface area (TPSA) is 81.8 Å². The van der Waals surface area contributed by atoms with Gasteiger partial charge in [-0.25, -0.2) is 14.1 Å². The molecule has 0 saturated heterocycles. The van der Waals surface area contributed by atoms with Crippen LogP contribution in [0.5, 0.6) is 0 Å². The number of carbonyl (C=O) groups is 1. The zero-order valence-electron chi connectivity index (χ0n) is 17.3. The molecule has 2 aromatic heterocycles. The Morgan fingerprint density at radius 2 is 1.94 bits per heavy atom. The summed E-state index contributed by atoms with van der Waals surface area (Å²) in [4.78, 5) is 30.4. The number of rotatable bonds is 5. The van der Waals surface area contributed by atoms with E-state index in [4.69, 9.17) is 4.98 Å². The molecule has 32 heavy (non-hydrogen) atoms. The molecule has 0 bridgehead atoms. The maximum Gasteiger partial charge on any atom is 0.265 e. The van der Waals surface area contributed by atoms with E-state index in [1.807, 2.05) is 31.2 Å². The molecule has 0 radical (unpaired) electrons. The second-order valence-corrected chi connectivity index (χ2v) is 8.76. The standard InChI is InChI=1S/C23H20FN5O2S/c1-14-2-8-17(9-3-14)29-21-19(12-26-29)22(31)28-18(13-32-23(28)27-21)10-20(30)25-11-15-4-6-16(24)7-5-15/h2-9,12,18H,10-11,13H2,1H3,(H,25,30). The van der Waals surface area contributed by atoms with Crippen LogP contribution in [0.2, 0.25) is 0 Å². The van der Waals surface area contributed by atoms with Crippen molar-refractivity contribution < 1.29 is 9.18 Å². The number of aromatic nitrogens is 4. The van der Waals surface area contributed by atoms with E-state index in [2.05, 4.69) is 10.4 Å². The highest BCUT2D eigenvalue weighted by Gasteiger charge is 2.29. The molecule has 162 valence electrons. The van der Waals surface area contributed by atoms with Crippen LogP contribution in [0.1, 0.15) is 23.6 Å². The van der Waals surface area contributed by atoms with E-state index in [1.165, 1.54) is 30.1 Å². The molecule has 1 unspecified atom stereocenters. The smallest absolute Gasteiger partial charge is 0.265 e. The first-order valence-corrected chi connectivity index (χ1v) is 11.2. The highest BCUT2D eigenvalue weighted by atomic mass is 32.2. The summed E-state index contributed by atoms with van der Waals surface area (Å²) in [5.74, 6) is 0.107. The number of nitrogens with one attached hydrogen (secondary N) is 1. The summed E-state index contributed by atoms with van der Waals surface area (Å²) in [6, 6.07) is 13.6. The van der Waals surface area contributed by atoms with Crippen molar-refractivity contribution in [2.24, 2.45) is 0 Å². The van der Waals surface area contributed by atoms with Gasteiger partial charge in [0.2, 0.25) is 5.91 Å². The highest BCUT2D eigenvalue weighted by molar-refractivity contribution is 7.99. The molecule has 1 aliphatic heterocycles. The quantitative estimate of drug-likeness (QED) is 0.473. The Kier molecular flexibility index (Phi) is 5.26. The molecule has 5 rings (SSSR count). The largest absolute Gasteiger partial charge is 0.352 e. The van der Waals surface area contributed by atoms with Gasteiger partial charge in [0.25, 0.3) is 5.56 Å². The van der Waals surface area contributed by atoms with E-state index in [1.54, 1.807) is 21.4 Å². The van der Waals surface area contributed by atoms with Crippen LogP contribution in [0.25, 0.3) is 16.7 Å². The van der Waals surface area contributed by atoms with Gasteiger partial charge in [0.05, 0.1) is 17.9 Å². The lowest BCUT2D eigenvalue weighted by Crippen LogP contribution is -2.30. The maximum absolute atomic E-state index is 13.2. The fraction of sp³-hybridized carbons (Fsp3) is 0.217. The number of amides is 1. The van der Waals surface area contributed by atoms with Crippen molar-refractivity contribution >= 4 is 28.7 Å². The van der Waals surface area contributed by atoms with Crippen LogP contribution in [0.4, 0.5) is 4.39 Å². The summed E-state index contributed by atoms with van der Waals surface area (Å²) < 4.78 is 16.3. The molecule has 1 amide bonds. The number of fused-ring (bicyclic) bond motifs is 2. The van der Waals surface area contributed by atoms with Crippen molar-refractivity contribution in [2.75, 3.05) is 5.75 Å². The lowest BCUT2D eigenvalue weighted by Gasteiger charge is -2.13. The molecule has 0 spiro atoms. The van der Waals surface area contributed by atoms with Crippen molar-refractivity contribution in [3.63, 3.8) is 0 Å². The molecule has 7 nitrogen and oxygen atoms in total. The SMILES string of the molecule is Cc1ccc(-n2ncc3c(=O)n4c(nc32)SCC4CC(=O)NCc2ccc(F)cc2)cc1. The van der Waals surface area contributed by atoms with Gasteiger partial charge in [-0.1, -0.05) is 41.6 Å². The van der Waals surface area contributed by atoms with Crippen LogP contribution in [-0.4, -0.2) is 31.0 Å². The normalized spacial score (nSPS) is 15.1. The fourth-order valence-corrected chi connectivity index (χ4v) is 4.88. The number of benzene rings is 2. The van der Waals surface area contributed by atoms with Crippen molar-refractivity contribution in [1.29, 1.82) is 0 Å². The number of hydrogen-bond donors (Lipinski definition) is 1. The zero-order chi connectivity index (χ0) is 22.2. The summed E-state index contributed by atoms with van der Waals surface area (Å²) in [6.07, 6.45) is 1.70. The van der Waals surface area contributed by atoms with E-state index in [0.717, 1.165) is 16.8 Å². The first-order valence-electron chi connectivity index (χ1n) is 10.2. The molecule has 3 heterocycles. The van der Waals surface area contributed by atoms with Crippen LogP contribution in [0.15, 0.2) is 64.7 Å². The zero-order valence-corrected chi connectivity index (χ0v) is 18.1. The van der Waals surface area contributed by atoms with Gasteiger partial charge in [-0.2, -0.15) is 5.10 Å². The van der Waals surface area contributed by atoms with E-state index in [9.17, 15) is 14.0 Å². The molecule has 9 heteroatoms. The lowest BCUT2D eigenvalue weighted by molar-refractivity contribution is -0.121. The first-order chi connectivity index (χ1) is 15.5. The van der Waals surface area contributed by atoms with E-state index in [0.29, 0.717) is 28.5 Å². The van der Waals surface area contributed by atoms with Gasteiger partial charge < -0.3 is 5.32 Å². The molecule has 2 aromatic carbocycles. The fourth-order valence-electron chi connectivity index (χ4n) is 3.74. The third kappa shape index (κ3) is 3.80. The number of nitrogens with zero attached hydrogens (tertiary/aromatic N) is 4. The second kappa shape index (κ2) is 8.23. The highest BCUT2D eigenvalue weighted by Crippen LogP contribution is 2.33. The predicted octanol–water partition coefficient (Wildman–Crippen LogP) is 3.38. The lowest BCUT2D eigenvalue weighted by atomic mass is 10.2. The Labute approximate surface area is 187 Å². The number of hydrogen-bond acceptors (Lipinski definition) is 5. The van der Waals surface area contributed by atoms with Crippen LogP contribution < -0.4 is 10.9 Å². The molecular formula is C23H20FN5O2S. The third-order valence-electron chi connectivity index (χ3n) is 5.47. The summed E-state index contributed by atoms with van der Waals surface area (Å²) in [5.41, 5.74) is 3.10. The Morgan fingerprint density at radius 1 is 1.19 bits per heavy atom. The molecule has 1 aliphatic rings. The minimum absolute atomic E-state index is 0.167. The van der Waals surface area contributed by atoms with Crippen molar-refractivity contribution in [3.8, 4) is 5.69 Å². The minimum atomic E-state index is -0.316. The number of aryl methyl sites for hydroxylation is 1. The van der Waals surface area contributed by atoms with Gasteiger partial charge in [0.1, 0.15) is 11.2 Å². The number of thioether (sulfide) groups is 1. The molecule has 0 saturated carbocycles. The summed E-state index contributed by atoms with van der Waals surface area (Å²) >= 11 is 1.46. The maximum atomic E-state index is 13.2. The molecule has 1 N–H and O–H groups in total.